The van der Waals surface area contributed by atoms with E-state index in [9.17, 15) is 9.59 Å². The summed E-state index contributed by atoms with van der Waals surface area (Å²) in [6.45, 7) is 2.53. The summed E-state index contributed by atoms with van der Waals surface area (Å²) in [5.41, 5.74) is 1.92. The first-order valence-corrected chi connectivity index (χ1v) is 7.56. The fourth-order valence-corrected chi connectivity index (χ4v) is 2.41. The zero-order valence-electron chi connectivity index (χ0n) is 13.0. The Hall–Kier alpha value is -2.37. The Morgan fingerprint density at radius 1 is 1.32 bits per heavy atom. The number of rotatable bonds is 7. The highest BCUT2D eigenvalue weighted by Crippen LogP contribution is 2.12. The molecule has 1 atom stereocenters. The molecule has 0 aliphatic rings. The van der Waals surface area contributed by atoms with Gasteiger partial charge in [0.15, 0.2) is 0 Å². The summed E-state index contributed by atoms with van der Waals surface area (Å²) in [7, 11) is 1.58. The summed E-state index contributed by atoms with van der Waals surface area (Å²) in [5.74, 6) is -0.275. The number of para-hydroxylation sites is 2. The van der Waals surface area contributed by atoms with Gasteiger partial charge in [0.1, 0.15) is 6.04 Å². The molecule has 0 saturated heterocycles. The highest BCUT2D eigenvalue weighted by atomic mass is 16.2. The van der Waals surface area contributed by atoms with E-state index in [2.05, 4.69) is 15.6 Å². The zero-order valence-corrected chi connectivity index (χ0v) is 13.0. The Morgan fingerprint density at radius 2 is 2.09 bits per heavy atom. The number of amides is 2. The van der Waals surface area contributed by atoms with Crippen molar-refractivity contribution in [2.45, 2.75) is 38.8 Å². The van der Waals surface area contributed by atoms with Gasteiger partial charge in [0, 0.05) is 20.0 Å². The van der Waals surface area contributed by atoms with Gasteiger partial charge in [-0.05, 0) is 18.6 Å². The zero-order chi connectivity index (χ0) is 15.9. The second kappa shape index (κ2) is 7.59. The minimum Gasteiger partial charge on any atom is -0.357 e. The number of aromatic nitrogens is 2. The van der Waals surface area contributed by atoms with Crippen LogP contribution in [0.5, 0.6) is 0 Å². The average molecular weight is 302 g/mol. The molecule has 0 saturated carbocycles. The smallest absolute Gasteiger partial charge is 0.242 e. The van der Waals surface area contributed by atoms with Crippen molar-refractivity contribution in [3.05, 3.63) is 30.6 Å². The lowest BCUT2D eigenvalue weighted by Crippen LogP contribution is -2.45. The molecule has 1 aromatic heterocycles. The Bertz CT molecular complexity index is 650. The third-order valence-electron chi connectivity index (χ3n) is 3.58. The minimum absolute atomic E-state index is 0.125. The maximum atomic E-state index is 12.1. The topological polar surface area (TPSA) is 76.0 Å². The van der Waals surface area contributed by atoms with E-state index >= 15 is 0 Å². The van der Waals surface area contributed by atoms with Crippen molar-refractivity contribution in [1.29, 1.82) is 0 Å². The molecular weight excluding hydrogens is 280 g/mol. The fourth-order valence-electron chi connectivity index (χ4n) is 2.41. The standard InChI is InChI=1S/C16H22N4O2/c1-3-6-13(16(22)17-2)19-15(21)9-10-20-11-18-12-7-4-5-8-14(12)20/h4-5,7-8,11,13H,3,6,9-10H2,1-2H3,(H,17,22)(H,19,21). The highest BCUT2D eigenvalue weighted by Gasteiger charge is 2.18. The van der Waals surface area contributed by atoms with Crippen molar-refractivity contribution < 1.29 is 9.59 Å². The number of hydrogen-bond donors (Lipinski definition) is 2. The predicted molar refractivity (Wildman–Crippen MR) is 85.3 cm³/mol. The molecule has 2 aromatic rings. The van der Waals surface area contributed by atoms with Gasteiger partial charge in [-0.1, -0.05) is 25.5 Å². The van der Waals surface area contributed by atoms with Crippen LogP contribution in [0, 0.1) is 0 Å². The lowest BCUT2D eigenvalue weighted by molar-refractivity contribution is -0.129. The average Bonchev–Trinajstić information content (AvgIpc) is 2.95. The highest BCUT2D eigenvalue weighted by molar-refractivity contribution is 5.87. The molecule has 6 nitrogen and oxygen atoms in total. The Morgan fingerprint density at radius 3 is 2.82 bits per heavy atom. The first-order chi connectivity index (χ1) is 10.7. The fraction of sp³-hybridized carbons (Fsp3) is 0.438. The summed E-state index contributed by atoms with van der Waals surface area (Å²) in [4.78, 5) is 28.1. The molecule has 0 aliphatic heterocycles. The van der Waals surface area contributed by atoms with Gasteiger partial charge in [-0.15, -0.1) is 0 Å². The van der Waals surface area contributed by atoms with Crippen LogP contribution >= 0.6 is 0 Å². The number of hydrogen-bond acceptors (Lipinski definition) is 3. The van der Waals surface area contributed by atoms with Gasteiger partial charge >= 0.3 is 0 Å². The number of nitrogens with zero attached hydrogens (tertiary/aromatic N) is 2. The lowest BCUT2D eigenvalue weighted by atomic mass is 10.1. The normalized spacial score (nSPS) is 12.1. The molecule has 0 radical (unpaired) electrons. The lowest BCUT2D eigenvalue weighted by Gasteiger charge is -2.16. The van der Waals surface area contributed by atoms with Gasteiger partial charge in [0.2, 0.25) is 11.8 Å². The number of likely N-dealkylation sites (N-methyl/N-ethyl adjacent to an activating group) is 1. The molecule has 0 aliphatic carbocycles. The molecule has 2 N–H and O–H groups in total. The molecule has 6 heteroatoms. The summed E-state index contributed by atoms with van der Waals surface area (Å²) < 4.78 is 1.95. The van der Waals surface area contributed by atoms with E-state index in [1.165, 1.54) is 0 Å². The van der Waals surface area contributed by atoms with E-state index in [0.717, 1.165) is 17.5 Å². The van der Waals surface area contributed by atoms with Crippen LogP contribution in [0.2, 0.25) is 0 Å². The molecule has 1 heterocycles. The molecule has 0 spiro atoms. The van der Waals surface area contributed by atoms with Crippen molar-refractivity contribution in [2.75, 3.05) is 7.05 Å². The van der Waals surface area contributed by atoms with E-state index in [1.807, 2.05) is 35.8 Å². The van der Waals surface area contributed by atoms with Crippen molar-refractivity contribution in [1.82, 2.24) is 20.2 Å². The van der Waals surface area contributed by atoms with Crippen molar-refractivity contribution in [2.24, 2.45) is 0 Å². The summed E-state index contributed by atoms with van der Waals surface area (Å²) in [6, 6.07) is 7.34. The number of aryl methyl sites for hydroxylation is 1. The molecule has 1 unspecified atom stereocenters. The third-order valence-corrected chi connectivity index (χ3v) is 3.58. The van der Waals surface area contributed by atoms with Gasteiger partial charge in [0.05, 0.1) is 17.4 Å². The van der Waals surface area contributed by atoms with Crippen LogP contribution in [0.1, 0.15) is 26.2 Å². The van der Waals surface area contributed by atoms with Gasteiger partial charge < -0.3 is 15.2 Å². The Kier molecular flexibility index (Phi) is 5.52. The minimum atomic E-state index is -0.456. The van der Waals surface area contributed by atoms with Crippen LogP contribution in [-0.2, 0) is 16.1 Å². The van der Waals surface area contributed by atoms with Crippen molar-refractivity contribution in [3.8, 4) is 0 Å². The second-order valence-corrected chi connectivity index (χ2v) is 5.20. The monoisotopic (exact) mass is 302 g/mol. The number of nitrogens with one attached hydrogen (secondary N) is 2. The number of imidazole rings is 1. The first-order valence-electron chi connectivity index (χ1n) is 7.56. The number of benzene rings is 1. The third kappa shape index (κ3) is 3.84. The SMILES string of the molecule is CCCC(NC(=O)CCn1cnc2ccccc21)C(=O)NC. The van der Waals surface area contributed by atoms with Crippen molar-refractivity contribution >= 4 is 22.8 Å². The Labute approximate surface area is 129 Å². The quantitative estimate of drug-likeness (QED) is 0.813. The van der Waals surface area contributed by atoms with Crippen LogP contribution in [0.15, 0.2) is 30.6 Å². The van der Waals surface area contributed by atoms with Gasteiger partial charge in [-0.25, -0.2) is 4.98 Å². The molecule has 0 fully saturated rings. The largest absolute Gasteiger partial charge is 0.357 e. The van der Waals surface area contributed by atoms with Crippen LogP contribution in [0.3, 0.4) is 0 Å². The van der Waals surface area contributed by atoms with Gasteiger partial charge in [-0.2, -0.15) is 0 Å². The van der Waals surface area contributed by atoms with Crippen LogP contribution in [0.4, 0.5) is 0 Å². The number of fused-ring (bicyclic) bond motifs is 1. The molecule has 1 aromatic carbocycles. The van der Waals surface area contributed by atoms with E-state index in [1.54, 1.807) is 13.4 Å². The second-order valence-electron chi connectivity index (χ2n) is 5.20. The molecule has 22 heavy (non-hydrogen) atoms. The maximum Gasteiger partial charge on any atom is 0.242 e. The molecular formula is C16H22N4O2. The van der Waals surface area contributed by atoms with E-state index < -0.39 is 6.04 Å². The van der Waals surface area contributed by atoms with Gasteiger partial charge in [-0.3, -0.25) is 9.59 Å². The Balaban J connectivity index is 1.93. The number of carbonyl (C=O) groups excluding carboxylic acids is 2. The van der Waals surface area contributed by atoms with E-state index in [-0.39, 0.29) is 11.8 Å². The van der Waals surface area contributed by atoms with Gasteiger partial charge in [0.25, 0.3) is 0 Å². The predicted octanol–water partition coefficient (Wildman–Crippen LogP) is 1.46. The van der Waals surface area contributed by atoms with E-state index in [0.29, 0.717) is 19.4 Å². The molecule has 2 rings (SSSR count). The van der Waals surface area contributed by atoms with E-state index in [4.69, 9.17) is 0 Å². The first kappa shape index (κ1) is 16.0. The molecule has 118 valence electrons. The maximum absolute atomic E-state index is 12.1. The van der Waals surface area contributed by atoms with Crippen LogP contribution in [-0.4, -0.2) is 34.5 Å². The summed E-state index contributed by atoms with van der Waals surface area (Å²) in [5, 5.41) is 5.37. The summed E-state index contributed by atoms with van der Waals surface area (Å²) >= 11 is 0. The van der Waals surface area contributed by atoms with Crippen LogP contribution < -0.4 is 10.6 Å². The number of carbonyl (C=O) groups is 2. The van der Waals surface area contributed by atoms with Crippen molar-refractivity contribution in [3.63, 3.8) is 0 Å². The van der Waals surface area contributed by atoms with Crippen LogP contribution in [0.25, 0.3) is 11.0 Å². The molecule has 2 amide bonds. The molecule has 0 bridgehead atoms. The summed E-state index contributed by atoms with van der Waals surface area (Å²) in [6.07, 6.45) is 3.53.